The molecule has 0 amide bonds. The van der Waals surface area contributed by atoms with Gasteiger partial charge in [0.15, 0.2) is 0 Å². The Morgan fingerprint density at radius 2 is 1.57 bits per heavy atom. The maximum atomic E-state index is 13.8. The van der Waals surface area contributed by atoms with Gasteiger partial charge in [-0.3, -0.25) is 4.79 Å². The van der Waals surface area contributed by atoms with Gasteiger partial charge in [0.25, 0.3) is 0 Å². The van der Waals surface area contributed by atoms with E-state index in [1.807, 2.05) is 0 Å². The van der Waals surface area contributed by atoms with E-state index in [9.17, 15) is 9.18 Å². The molecule has 0 N–H and O–H groups in total. The fraction of sp³-hybridized carbons (Fsp3) is 0.750. The van der Waals surface area contributed by atoms with Gasteiger partial charge in [-0.15, -0.1) is 0 Å². The highest BCUT2D eigenvalue weighted by molar-refractivity contribution is 5.75. The second kappa shape index (κ2) is 14.3. The predicted octanol–water partition coefficient (Wildman–Crippen LogP) is 8.37. The van der Waals surface area contributed by atoms with Crippen molar-refractivity contribution in [2.24, 2.45) is 29.6 Å². The highest BCUT2D eigenvalue weighted by Crippen LogP contribution is 2.41. The molecular formula is C32H46FNO3. The van der Waals surface area contributed by atoms with Crippen molar-refractivity contribution < 1.29 is 18.7 Å². The fourth-order valence-corrected chi connectivity index (χ4v) is 7.04. The predicted molar refractivity (Wildman–Crippen MR) is 143 cm³/mol. The summed E-state index contributed by atoms with van der Waals surface area (Å²) >= 11 is 0. The third-order valence-corrected chi connectivity index (χ3v) is 9.52. The normalized spacial score (nSPS) is 30.4. The van der Waals surface area contributed by atoms with Crippen molar-refractivity contribution in [3.63, 3.8) is 0 Å². The number of unbranched alkanes of at least 4 members (excludes halogenated alkanes) is 2. The second-order valence-electron chi connectivity index (χ2n) is 12.0. The van der Waals surface area contributed by atoms with Crippen LogP contribution in [0.3, 0.4) is 0 Å². The second-order valence-corrected chi connectivity index (χ2v) is 12.0. The molecule has 3 saturated carbocycles. The highest BCUT2D eigenvalue weighted by Gasteiger charge is 2.34. The van der Waals surface area contributed by atoms with E-state index in [4.69, 9.17) is 14.7 Å². The molecule has 204 valence electrons. The molecule has 0 radical (unpaired) electrons. The molecule has 3 fully saturated rings. The zero-order valence-electron chi connectivity index (χ0n) is 22.8. The number of rotatable bonds is 10. The molecule has 0 atom stereocenters. The van der Waals surface area contributed by atoms with Gasteiger partial charge in [-0.2, -0.15) is 5.26 Å². The van der Waals surface area contributed by atoms with Crippen molar-refractivity contribution in [2.75, 3.05) is 6.61 Å². The van der Waals surface area contributed by atoms with Crippen LogP contribution in [0.4, 0.5) is 4.39 Å². The molecular weight excluding hydrogens is 465 g/mol. The molecule has 0 aromatic heterocycles. The minimum atomic E-state index is -0.652. The summed E-state index contributed by atoms with van der Waals surface area (Å²) in [7, 11) is 0. The Kier molecular flexibility index (Phi) is 10.8. The number of benzene rings is 1. The molecule has 0 bridgehead atoms. The van der Waals surface area contributed by atoms with Gasteiger partial charge in [-0.1, -0.05) is 45.4 Å². The van der Waals surface area contributed by atoms with Gasteiger partial charge < -0.3 is 9.47 Å². The van der Waals surface area contributed by atoms with Crippen LogP contribution in [0.5, 0.6) is 5.75 Å². The van der Waals surface area contributed by atoms with E-state index in [1.165, 1.54) is 89.2 Å². The monoisotopic (exact) mass is 511 g/mol. The van der Waals surface area contributed by atoms with E-state index >= 15 is 0 Å². The summed E-state index contributed by atoms with van der Waals surface area (Å²) in [6, 6.07) is 5.76. The van der Waals surface area contributed by atoms with Crippen molar-refractivity contribution in [1.29, 1.82) is 5.26 Å². The highest BCUT2D eigenvalue weighted by atomic mass is 19.1. The van der Waals surface area contributed by atoms with Gasteiger partial charge in [-0.25, -0.2) is 4.39 Å². The third kappa shape index (κ3) is 8.28. The summed E-state index contributed by atoms with van der Waals surface area (Å²) in [6.07, 6.45) is 20.2. The van der Waals surface area contributed by atoms with E-state index in [2.05, 4.69) is 6.92 Å². The SMILES string of the molecule is CCCCC[C@H]1CC[C@H](COC2CCC([C@H]3CC[C@H](C(=O)Oc4ccc(C#N)c(F)c4)CC3)CC2)CC1. The van der Waals surface area contributed by atoms with E-state index in [0.717, 1.165) is 56.1 Å². The maximum absolute atomic E-state index is 13.8. The minimum absolute atomic E-state index is 0.0410. The number of nitrogens with zero attached hydrogens (tertiary/aromatic N) is 1. The van der Waals surface area contributed by atoms with Crippen LogP contribution >= 0.6 is 0 Å². The van der Waals surface area contributed by atoms with Crippen LogP contribution in [0.1, 0.15) is 115 Å². The third-order valence-electron chi connectivity index (χ3n) is 9.52. The van der Waals surface area contributed by atoms with Crippen LogP contribution in [-0.4, -0.2) is 18.7 Å². The standard InChI is InChI=1S/C32H46FNO3/c1-2-3-4-5-23-6-8-24(9-7-23)22-36-29-17-14-26(15-18-29)25-10-12-27(13-11-25)32(35)37-30-19-16-28(21-34)31(33)20-30/h16,19-20,23-27,29H,2-15,17-18,22H2,1H3/t23-,24-,25-,26?,27-,29?. The van der Waals surface area contributed by atoms with Crippen LogP contribution in [0.15, 0.2) is 18.2 Å². The van der Waals surface area contributed by atoms with Gasteiger partial charge in [0.1, 0.15) is 17.6 Å². The maximum Gasteiger partial charge on any atom is 0.314 e. The van der Waals surface area contributed by atoms with Gasteiger partial charge in [0.05, 0.1) is 17.6 Å². The van der Waals surface area contributed by atoms with Crippen LogP contribution in [0.2, 0.25) is 0 Å². The Balaban J connectivity index is 1.10. The van der Waals surface area contributed by atoms with Gasteiger partial charge >= 0.3 is 5.97 Å². The first-order valence-electron chi connectivity index (χ1n) is 15.1. The molecule has 37 heavy (non-hydrogen) atoms. The first-order chi connectivity index (χ1) is 18.1. The molecule has 4 rings (SSSR count). The number of nitriles is 1. The van der Waals surface area contributed by atoms with Gasteiger partial charge in [-0.05, 0) is 100 Å². The summed E-state index contributed by atoms with van der Waals surface area (Å²) < 4.78 is 25.7. The summed E-state index contributed by atoms with van der Waals surface area (Å²) in [4.78, 5) is 12.6. The van der Waals surface area contributed by atoms with Crippen molar-refractivity contribution in [2.45, 2.75) is 116 Å². The van der Waals surface area contributed by atoms with Crippen LogP contribution < -0.4 is 4.74 Å². The first-order valence-corrected chi connectivity index (χ1v) is 15.1. The van der Waals surface area contributed by atoms with Crippen molar-refractivity contribution in [3.05, 3.63) is 29.6 Å². The Morgan fingerprint density at radius 3 is 2.19 bits per heavy atom. The number of ether oxygens (including phenoxy) is 2. The van der Waals surface area contributed by atoms with E-state index < -0.39 is 5.82 Å². The Labute approximate surface area is 223 Å². The summed E-state index contributed by atoms with van der Waals surface area (Å²) in [6.45, 7) is 3.25. The molecule has 4 nitrogen and oxygen atoms in total. The zero-order chi connectivity index (χ0) is 26.0. The minimum Gasteiger partial charge on any atom is -0.426 e. The van der Waals surface area contributed by atoms with Crippen LogP contribution in [0.25, 0.3) is 0 Å². The molecule has 5 heteroatoms. The molecule has 0 saturated heterocycles. The largest absolute Gasteiger partial charge is 0.426 e. The van der Waals surface area contributed by atoms with Crippen molar-refractivity contribution >= 4 is 5.97 Å². The molecule has 1 aromatic carbocycles. The van der Waals surface area contributed by atoms with E-state index in [1.54, 1.807) is 6.07 Å². The molecule has 3 aliphatic rings. The Bertz CT molecular complexity index is 888. The molecule has 1 aromatic rings. The first kappa shape index (κ1) is 28.1. The summed E-state index contributed by atoms with van der Waals surface area (Å²) in [5.41, 5.74) is -0.0410. The van der Waals surface area contributed by atoms with Gasteiger partial charge in [0.2, 0.25) is 0 Å². The Morgan fingerprint density at radius 1 is 0.919 bits per heavy atom. The lowest BCUT2D eigenvalue weighted by atomic mass is 9.70. The molecule has 0 aliphatic heterocycles. The summed E-state index contributed by atoms with van der Waals surface area (Å²) in [5.74, 6) is 2.34. The topological polar surface area (TPSA) is 59.3 Å². The van der Waals surface area contributed by atoms with E-state index in [0.29, 0.717) is 12.0 Å². The van der Waals surface area contributed by atoms with Gasteiger partial charge in [0, 0.05) is 12.7 Å². The van der Waals surface area contributed by atoms with Crippen LogP contribution in [-0.2, 0) is 9.53 Å². The lowest BCUT2D eigenvalue weighted by Crippen LogP contribution is -2.32. The average molecular weight is 512 g/mol. The fourth-order valence-electron chi connectivity index (χ4n) is 7.04. The molecule has 3 aliphatic carbocycles. The number of esters is 1. The van der Waals surface area contributed by atoms with Crippen molar-refractivity contribution in [3.8, 4) is 11.8 Å². The quantitative estimate of drug-likeness (QED) is 0.180. The number of hydrogen-bond donors (Lipinski definition) is 0. The number of carbonyl (C=O) groups is 1. The molecule has 0 spiro atoms. The van der Waals surface area contributed by atoms with E-state index in [-0.39, 0.29) is 23.2 Å². The number of halogens is 1. The zero-order valence-corrected chi connectivity index (χ0v) is 22.8. The lowest BCUT2D eigenvalue weighted by molar-refractivity contribution is -0.140. The summed E-state index contributed by atoms with van der Waals surface area (Å²) in [5, 5.41) is 8.85. The smallest absolute Gasteiger partial charge is 0.314 e. The average Bonchev–Trinajstić information content (AvgIpc) is 2.93. The number of carbonyl (C=O) groups excluding carboxylic acids is 1. The Hall–Kier alpha value is -1.93. The van der Waals surface area contributed by atoms with Crippen LogP contribution in [0, 0.1) is 46.7 Å². The molecule has 0 heterocycles. The molecule has 0 unspecified atom stereocenters. The number of hydrogen-bond acceptors (Lipinski definition) is 4. The van der Waals surface area contributed by atoms with Crippen molar-refractivity contribution in [1.82, 2.24) is 0 Å². The lowest BCUT2D eigenvalue weighted by Gasteiger charge is -2.37.